The molecule has 5 N–H and O–H groups in total. The second-order valence-corrected chi connectivity index (χ2v) is 9.10. The Labute approximate surface area is 213 Å². The third kappa shape index (κ3) is 11.7. The Bertz CT molecular complexity index is 834. The summed E-state index contributed by atoms with van der Waals surface area (Å²) in [5.74, 6) is -3.08. The van der Waals surface area contributed by atoms with Gasteiger partial charge in [0.2, 0.25) is 17.7 Å². The molecule has 3 amide bonds. The second-order valence-electron chi connectivity index (χ2n) is 7.87. The summed E-state index contributed by atoms with van der Waals surface area (Å²) in [4.78, 5) is 60.1. The molecule has 3 unspecified atom stereocenters. The molecule has 0 radical (unpaired) electrons. The summed E-state index contributed by atoms with van der Waals surface area (Å²) in [6.07, 6.45) is 1.64. The number of nitrogens with two attached hydrogens (primary N) is 1. The lowest BCUT2D eigenvalue weighted by Crippen LogP contribution is -2.37. The van der Waals surface area contributed by atoms with Crippen LogP contribution in [-0.2, 0) is 33.4 Å². The quantitative estimate of drug-likeness (QED) is 0.0884. The van der Waals surface area contributed by atoms with E-state index in [1.165, 1.54) is 0 Å². The number of carbonyl (C=O) groups excluding carboxylic acids is 4. The summed E-state index contributed by atoms with van der Waals surface area (Å²) in [7, 11) is 0. The third-order valence-corrected chi connectivity index (χ3v) is 6.50. The number of rotatable bonds is 20. The van der Waals surface area contributed by atoms with Crippen LogP contribution in [0.5, 0.6) is 0 Å². The lowest BCUT2D eigenvalue weighted by molar-refractivity contribution is -0.139. The fraction of sp³-hybridized carbons (Fsp3) is 0.682. The minimum Gasteiger partial charge on any atom is -0.480 e. The number of nitriles is 1. The summed E-state index contributed by atoms with van der Waals surface area (Å²) < 4.78 is 10.6. The lowest BCUT2D eigenvalue weighted by atomic mass is 9.98. The van der Waals surface area contributed by atoms with E-state index in [2.05, 4.69) is 5.32 Å². The molecule has 0 aromatic heterocycles. The zero-order valence-electron chi connectivity index (χ0n) is 20.0. The number of hydrogen-bond acceptors (Lipinski definition) is 11. The third-order valence-electron chi connectivity index (χ3n) is 5.17. The van der Waals surface area contributed by atoms with Crippen LogP contribution in [0.1, 0.15) is 32.1 Å². The largest absolute Gasteiger partial charge is 0.480 e. The Morgan fingerprint density at radius 2 is 1.94 bits per heavy atom. The van der Waals surface area contributed by atoms with E-state index in [1.807, 2.05) is 6.07 Å². The van der Waals surface area contributed by atoms with Gasteiger partial charge < -0.3 is 31.0 Å². The van der Waals surface area contributed by atoms with Crippen LogP contribution in [0.3, 0.4) is 0 Å². The normalized spacial score (nSPS) is 16.9. The predicted molar refractivity (Wildman–Crippen MR) is 129 cm³/mol. The van der Waals surface area contributed by atoms with Gasteiger partial charge in [-0.2, -0.15) is 5.26 Å². The van der Waals surface area contributed by atoms with E-state index in [-0.39, 0.29) is 82.6 Å². The highest BCUT2D eigenvalue weighted by Gasteiger charge is 2.39. The van der Waals surface area contributed by atoms with Crippen LogP contribution in [-0.4, -0.2) is 102 Å². The molecule has 1 heterocycles. The molecule has 0 bridgehead atoms. The number of ketones is 1. The van der Waals surface area contributed by atoms with E-state index in [0.29, 0.717) is 6.42 Å². The Kier molecular flexibility index (Phi) is 15.2. The first-order chi connectivity index (χ1) is 17.2. The molecule has 1 aliphatic rings. The van der Waals surface area contributed by atoms with Gasteiger partial charge in [-0.1, -0.05) is 0 Å². The molecule has 1 rings (SSSR count). The number of thioether (sulfide) groups is 1. The van der Waals surface area contributed by atoms with Crippen LogP contribution in [0.15, 0.2) is 0 Å². The first-order valence-electron chi connectivity index (χ1n) is 11.5. The van der Waals surface area contributed by atoms with Gasteiger partial charge in [-0.3, -0.25) is 28.9 Å². The van der Waals surface area contributed by atoms with E-state index in [0.717, 1.165) is 22.9 Å². The standard InChI is InChI=1S/C22H33N5O8S/c23-5-1-2-15(13-24)17(28)4-8-34-10-11-35-9-6-26-19(29)3-7-27-20(30)12-18(21(27)31)36-14-16(25)22(32)33/h13,15-16,18,24H,1-4,6-12,14,25H2,(H,26,29)(H,32,33). The van der Waals surface area contributed by atoms with Crippen molar-refractivity contribution in [3.8, 4) is 6.07 Å². The molecule has 0 aliphatic carbocycles. The summed E-state index contributed by atoms with van der Waals surface area (Å²) in [6, 6.07) is 0.829. The SMILES string of the molecule is N#CCCC(C=N)C(=O)CCOCCOCCNC(=O)CCN1C(=O)CC(SCC(N)C(=O)O)C1=O. The number of hydrogen-bond donors (Lipinski definition) is 4. The van der Waals surface area contributed by atoms with Gasteiger partial charge in [0.15, 0.2) is 0 Å². The van der Waals surface area contributed by atoms with Crippen molar-refractivity contribution in [3.63, 3.8) is 0 Å². The Hall–Kier alpha value is -2.86. The number of amides is 3. The van der Waals surface area contributed by atoms with Gasteiger partial charge in [-0.05, 0) is 6.42 Å². The van der Waals surface area contributed by atoms with Crippen molar-refractivity contribution in [2.24, 2.45) is 11.7 Å². The molecule has 0 spiro atoms. The number of carboxylic acids is 1. The van der Waals surface area contributed by atoms with Crippen LogP contribution in [0.4, 0.5) is 0 Å². The molecular weight excluding hydrogens is 494 g/mol. The molecule has 3 atom stereocenters. The molecule has 1 aliphatic heterocycles. The van der Waals surface area contributed by atoms with Crippen molar-refractivity contribution in [1.82, 2.24) is 10.2 Å². The van der Waals surface area contributed by atoms with E-state index in [1.54, 1.807) is 0 Å². The number of carbonyl (C=O) groups is 5. The second kappa shape index (κ2) is 17.6. The number of Topliss-reactive ketones (excluding diaryl/α,β-unsaturated/α-hetero) is 1. The molecule has 1 saturated heterocycles. The minimum absolute atomic E-state index is 0.00502. The highest BCUT2D eigenvalue weighted by molar-refractivity contribution is 8.00. The van der Waals surface area contributed by atoms with Crippen molar-refractivity contribution < 1.29 is 38.6 Å². The number of nitrogens with one attached hydrogen (secondary N) is 2. The average Bonchev–Trinajstić information content (AvgIpc) is 3.12. The summed E-state index contributed by atoms with van der Waals surface area (Å²) in [6.45, 7) is 1.09. The fourth-order valence-electron chi connectivity index (χ4n) is 3.11. The van der Waals surface area contributed by atoms with Crippen LogP contribution in [0.25, 0.3) is 0 Å². The Balaban J connectivity index is 2.10. The average molecular weight is 528 g/mol. The number of nitrogens with zero attached hydrogens (tertiary/aromatic N) is 2. The maximum atomic E-state index is 12.3. The molecule has 13 nitrogen and oxygen atoms in total. The number of ether oxygens (including phenoxy) is 2. The van der Waals surface area contributed by atoms with Crippen LogP contribution < -0.4 is 11.1 Å². The molecule has 14 heteroatoms. The highest BCUT2D eigenvalue weighted by atomic mass is 32.2. The van der Waals surface area contributed by atoms with Crippen LogP contribution >= 0.6 is 11.8 Å². The van der Waals surface area contributed by atoms with E-state index in [9.17, 15) is 24.0 Å². The zero-order valence-corrected chi connectivity index (χ0v) is 20.8. The number of carboxylic acid groups (broad SMARTS) is 1. The number of aliphatic carboxylic acids is 1. The van der Waals surface area contributed by atoms with Crippen LogP contribution in [0.2, 0.25) is 0 Å². The maximum Gasteiger partial charge on any atom is 0.321 e. The summed E-state index contributed by atoms with van der Waals surface area (Å²) in [5.41, 5.74) is 5.42. The monoisotopic (exact) mass is 527 g/mol. The minimum atomic E-state index is -1.18. The summed E-state index contributed by atoms with van der Waals surface area (Å²) >= 11 is 1.02. The van der Waals surface area contributed by atoms with Gasteiger partial charge in [0.05, 0.1) is 43.7 Å². The van der Waals surface area contributed by atoms with Crippen molar-refractivity contribution in [1.29, 1.82) is 10.7 Å². The maximum absolute atomic E-state index is 12.3. The molecule has 0 saturated carbocycles. The lowest BCUT2D eigenvalue weighted by Gasteiger charge is -2.15. The molecule has 0 aromatic rings. The number of likely N-dealkylation sites (tertiary alicyclic amines) is 1. The number of imide groups is 1. The Morgan fingerprint density at radius 3 is 2.58 bits per heavy atom. The molecule has 1 fully saturated rings. The first-order valence-corrected chi connectivity index (χ1v) is 12.5. The van der Waals surface area contributed by atoms with Crippen molar-refractivity contribution >= 4 is 47.5 Å². The Morgan fingerprint density at radius 1 is 1.25 bits per heavy atom. The van der Waals surface area contributed by atoms with Gasteiger partial charge in [-0.25, -0.2) is 0 Å². The molecule has 36 heavy (non-hydrogen) atoms. The van der Waals surface area contributed by atoms with Crippen molar-refractivity contribution in [3.05, 3.63) is 0 Å². The van der Waals surface area contributed by atoms with E-state index in [4.69, 9.17) is 31.0 Å². The summed E-state index contributed by atoms with van der Waals surface area (Å²) in [5, 5.41) is 26.5. The molecule has 200 valence electrons. The van der Waals surface area contributed by atoms with Crippen molar-refractivity contribution in [2.75, 3.05) is 45.3 Å². The fourth-order valence-corrected chi connectivity index (χ4v) is 4.22. The van der Waals surface area contributed by atoms with E-state index >= 15 is 0 Å². The molecular formula is C22H33N5O8S. The molecule has 0 aromatic carbocycles. The predicted octanol–water partition coefficient (Wildman–Crippen LogP) is -0.673. The van der Waals surface area contributed by atoms with Gasteiger partial charge in [0.25, 0.3) is 0 Å². The van der Waals surface area contributed by atoms with Crippen LogP contribution in [0, 0.1) is 22.7 Å². The highest BCUT2D eigenvalue weighted by Crippen LogP contribution is 2.25. The van der Waals surface area contributed by atoms with Gasteiger partial charge in [-0.15, -0.1) is 11.8 Å². The van der Waals surface area contributed by atoms with Gasteiger partial charge in [0, 0.05) is 50.7 Å². The van der Waals surface area contributed by atoms with Gasteiger partial charge >= 0.3 is 5.97 Å². The van der Waals surface area contributed by atoms with E-state index < -0.39 is 35.0 Å². The topological polar surface area (TPSA) is 213 Å². The van der Waals surface area contributed by atoms with Gasteiger partial charge in [0.1, 0.15) is 11.8 Å². The van der Waals surface area contributed by atoms with Crippen molar-refractivity contribution in [2.45, 2.75) is 43.4 Å². The first kappa shape index (κ1) is 31.2. The smallest absolute Gasteiger partial charge is 0.321 e. The zero-order chi connectivity index (χ0) is 26.9.